The molecule has 0 N–H and O–H groups in total. The van der Waals surface area contributed by atoms with E-state index >= 15 is 0 Å². The van der Waals surface area contributed by atoms with Gasteiger partial charge in [0, 0.05) is 14.2 Å². The highest BCUT2D eigenvalue weighted by atomic mass is 16.7. The fourth-order valence-corrected chi connectivity index (χ4v) is 1.20. The van der Waals surface area contributed by atoms with Crippen molar-refractivity contribution in [1.82, 2.24) is 0 Å². The van der Waals surface area contributed by atoms with Crippen molar-refractivity contribution in [1.29, 1.82) is 0 Å². The number of hydrogen-bond donors (Lipinski definition) is 0. The van der Waals surface area contributed by atoms with Gasteiger partial charge in [-0.1, -0.05) is 0 Å². The smallest absolute Gasteiger partial charge is 0.183 e. The lowest BCUT2D eigenvalue weighted by Gasteiger charge is -2.15. The maximum absolute atomic E-state index is 11.0. The molecule has 0 fully saturated rings. The average molecular weight is 205 g/mol. The van der Waals surface area contributed by atoms with Crippen LogP contribution >= 0.6 is 0 Å². The highest BCUT2D eigenvalue weighted by Gasteiger charge is 2.33. The van der Waals surface area contributed by atoms with E-state index in [-0.39, 0.29) is 32.3 Å². The lowest BCUT2D eigenvalue weighted by molar-refractivity contribution is -0.454. The Labute approximate surface area is 82.6 Å². The van der Waals surface area contributed by atoms with Crippen LogP contribution in [0.5, 0.6) is 0 Å². The maximum Gasteiger partial charge on any atom is 0.183 e. The summed E-state index contributed by atoms with van der Waals surface area (Å²) in [6, 6.07) is 0. The molecular weight excluding hydrogens is 190 g/mol. The van der Waals surface area contributed by atoms with Crippen molar-refractivity contribution >= 4 is 6.21 Å². The second kappa shape index (κ2) is 5.92. The molecule has 0 spiro atoms. The molecule has 1 rings (SSSR count). The number of hydrogen-bond acceptors (Lipinski definition) is 5. The Morgan fingerprint density at radius 3 is 2.57 bits per heavy atom. The van der Waals surface area contributed by atoms with E-state index in [0.29, 0.717) is 0 Å². The molecule has 1 heterocycles. The van der Waals surface area contributed by atoms with Gasteiger partial charge in [0.05, 0.1) is 0 Å². The van der Waals surface area contributed by atoms with Crippen molar-refractivity contribution in [3.05, 3.63) is 5.21 Å². The first-order chi connectivity index (χ1) is 6.77. The molecule has 0 aliphatic carbocycles. The van der Waals surface area contributed by atoms with E-state index in [4.69, 9.17) is 18.9 Å². The Bertz CT molecular complexity index is 196. The molecule has 14 heavy (non-hydrogen) atoms. The minimum absolute atomic E-state index is 0.141. The molecule has 0 aromatic heterocycles. The quantitative estimate of drug-likeness (QED) is 0.334. The van der Waals surface area contributed by atoms with Crippen LogP contribution < -0.4 is 0 Å². The highest BCUT2D eigenvalue weighted by molar-refractivity contribution is 5.60. The zero-order chi connectivity index (χ0) is 10.4. The highest BCUT2D eigenvalue weighted by Crippen LogP contribution is 2.09. The minimum Gasteiger partial charge on any atom is -0.624 e. The van der Waals surface area contributed by atoms with Gasteiger partial charge in [0.25, 0.3) is 0 Å². The summed E-state index contributed by atoms with van der Waals surface area (Å²) in [4.78, 5) is 0. The molecule has 6 heteroatoms. The average Bonchev–Trinajstić information content (AvgIpc) is 2.52. The molecule has 0 saturated heterocycles. The fraction of sp³-hybridized carbons (Fsp3) is 0.875. The molecule has 2 atom stereocenters. The Hall–Kier alpha value is -0.690. The molecular formula is C8H15NO5. The Balaban J connectivity index is 2.34. The third-order valence-corrected chi connectivity index (χ3v) is 1.82. The van der Waals surface area contributed by atoms with Gasteiger partial charge in [-0.15, -0.1) is 0 Å². The minimum atomic E-state index is -0.359. The number of hydroxylamine groups is 1. The molecule has 0 aromatic rings. The van der Waals surface area contributed by atoms with Gasteiger partial charge in [-0.2, -0.15) is 0 Å². The fourth-order valence-electron chi connectivity index (χ4n) is 1.20. The molecule has 6 nitrogen and oxygen atoms in total. The van der Waals surface area contributed by atoms with E-state index in [2.05, 4.69) is 0 Å². The van der Waals surface area contributed by atoms with Crippen LogP contribution in [0.1, 0.15) is 0 Å². The summed E-state index contributed by atoms with van der Waals surface area (Å²) in [5.41, 5.74) is 0. The monoisotopic (exact) mass is 205 g/mol. The van der Waals surface area contributed by atoms with Gasteiger partial charge < -0.3 is 24.2 Å². The summed E-state index contributed by atoms with van der Waals surface area (Å²) in [6.45, 7) is 0.554. The number of nitrogens with zero attached hydrogens (tertiary/aromatic N) is 1. The third-order valence-electron chi connectivity index (χ3n) is 1.82. The van der Waals surface area contributed by atoms with Crippen LogP contribution in [-0.2, 0) is 18.9 Å². The first-order valence-corrected chi connectivity index (χ1v) is 4.27. The number of ether oxygens (including phenoxy) is 4. The normalized spacial score (nSPS) is 26.6. The van der Waals surface area contributed by atoms with E-state index in [1.807, 2.05) is 0 Å². The summed E-state index contributed by atoms with van der Waals surface area (Å²) in [5, 5.41) is 11.0. The molecule has 0 unspecified atom stereocenters. The third kappa shape index (κ3) is 3.22. The standard InChI is InChI=1S/C8H15NO5/c1-11-5-13-7-3-9(10)4-8(7)14-6-12-2/h3,7-8H,4-6H2,1-2H3/t7-,8-/m1/s1. The lowest BCUT2D eigenvalue weighted by atomic mass is 10.2. The summed E-state index contributed by atoms with van der Waals surface area (Å²) in [5.74, 6) is 0. The molecule has 1 aliphatic heterocycles. The van der Waals surface area contributed by atoms with E-state index < -0.39 is 0 Å². The summed E-state index contributed by atoms with van der Waals surface area (Å²) < 4.78 is 20.8. The molecule has 82 valence electrons. The van der Waals surface area contributed by atoms with Gasteiger partial charge in [-0.25, -0.2) is 4.74 Å². The molecule has 0 bridgehead atoms. The van der Waals surface area contributed by atoms with Crippen molar-refractivity contribution in [2.24, 2.45) is 0 Å². The van der Waals surface area contributed by atoms with Crippen LogP contribution in [0.3, 0.4) is 0 Å². The lowest BCUT2D eigenvalue weighted by Crippen LogP contribution is -2.32. The van der Waals surface area contributed by atoms with E-state index in [1.165, 1.54) is 20.4 Å². The van der Waals surface area contributed by atoms with Crippen molar-refractivity contribution in [3.63, 3.8) is 0 Å². The predicted octanol–water partition coefficient (Wildman–Crippen LogP) is -0.441. The first kappa shape index (κ1) is 11.4. The van der Waals surface area contributed by atoms with E-state index in [9.17, 15) is 5.21 Å². The summed E-state index contributed by atoms with van der Waals surface area (Å²) in [6.07, 6.45) is 0.782. The first-order valence-electron chi connectivity index (χ1n) is 4.27. The number of rotatable bonds is 6. The maximum atomic E-state index is 11.0. The Kier molecular flexibility index (Phi) is 4.81. The van der Waals surface area contributed by atoms with Gasteiger partial charge in [0.2, 0.25) is 0 Å². The van der Waals surface area contributed by atoms with Crippen LogP contribution in [-0.4, -0.2) is 57.5 Å². The van der Waals surface area contributed by atoms with Crippen molar-refractivity contribution < 1.29 is 23.7 Å². The van der Waals surface area contributed by atoms with Crippen molar-refractivity contribution in [2.75, 3.05) is 34.4 Å². The zero-order valence-electron chi connectivity index (χ0n) is 8.34. The summed E-state index contributed by atoms with van der Waals surface area (Å²) in [7, 11) is 3.05. The van der Waals surface area contributed by atoms with Crippen LogP contribution in [0.4, 0.5) is 0 Å². The van der Waals surface area contributed by atoms with Crippen LogP contribution in [0.25, 0.3) is 0 Å². The molecule has 0 saturated carbocycles. The second-order valence-corrected chi connectivity index (χ2v) is 2.90. The largest absolute Gasteiger partial charge is 0.624 e. The van der Waals surface area contributed by atoms with Gasteiger partial charge >= 0.3 is 0 Å². The topological polar surface area (TPSA) is 63.0 Å². The van der Waals surface area contributed by atoms with Gasteiger partial charge in [-0.05, 0) is 0 Å². The molecule has 0 amide bonds. The van der Waals surface area contributed by atoms with Crippen LogP contribution in [0.2, 0.25) is 0 Å². The van der Waals surface area contributed by atoms with E-state index in [0.717, 1.165) is 4.74 Å². The Morgan fingerprint density at radius 1 is 1.29 bits per heavy atom. The Morgan fingerprint density at radius 2 is 1.93 bits per heavy atom. The van der Waals surface area contributed by atoms with Crippen molar-refractivity contribution in [2.45, 2.75) is 12.2 Å². The van der Waals surface area contributed by atoms with Gasteiger partial charge in [0.15, 0.2) is 25.0 Å². The summed E-state index contributed by atoms with van der Waals surface area (Å²) >= 11 is 0. The second-order valence-electron chi connectivity index (χ2n) is 2.90. The molecule has 1 aliphatic rings. The predicted molar refractivity (Wildman–Crippen MR) is 48.1 cm³/mol. The number of methoxy groups -OCH3 is 2. The van der Waals surface area contributed by atoms with Gasteiger partial charge in [-0.3, -0.25) is 0 Å². The van der Waals surface area contributed by atoms with Crippen molar-refractivity contribution in [3.8, 4) is 0 Å². The van der Waals surface area contributed by atoms with E-state index in [1.54, 1.807) is 0 Å². The molecule has 0 aromatic carbocycles. The van der Waals surface area contributed by atoms with Gasteiger partial charge in [0.1, 0.15) is 13.6 Å². The van der Waals surface area contributed by atoms with Crippen LogP contribution in [0.15, 0.2) is 0 Å². The van der Waals surface area contributed by atoms with Crippen LogP contribution in [0, 0.1) is 5.21 Å². The molecule has 0 radical (unpaired) electrons. The zero-order valence-corrected chi connectivity index (χ0v) is 8.34. The SMILES string of the molecule is COCO[C@@H]1C=[N+]([O-])C[C@H]1OCOC.